The number of nitrogens with zero attached hydrogens (tertiary/aromatic N) is 2. The van der Waals surface area contributed by atoms with Crippen molar-refractivity contribution in [2.75, 3.05) is 18.4 Å². The lowest BCUT2D eigenvalue weighted by Crippen LogP contribution is -2.24. The first-order valence-electron chi connectivity index (χ1n) is 7.19. The molecule has 1 fully saturated rings. The largest absolute Gasteiger partial charge is 0.370 e. The predicted octanol–water partition coefficient (Wildman–Crippen LogP) is 2.66. The van der Waals surface area contributed by atoms with Crippen molar-refractivity contribution < 1.29 is 4.79 Å². The number of carbonyl (C=O) groups excluding carboxylic acids is 1. The molecule has 2 heterocycles. The second-order valence-electron chi connectivity index (χ2n) is 5.23. The molecule has 0 radical (unpaired) electrons. The van der Waals surface area contributed by atoms with Crippen LogP contribution in [0, 0.1) is 5.92 Å². The Kier molecular flexibility index (Phi) is 4.77. The predicted molar refractivity (Wildman–Crippen MR) is 76.8 cm³/mol. The van der Waals surface area contributed by atoms with Gasteiger partial charge in [-0.1, -0.05) is 26.3 Å². The zero-order chi connectivity index (χ0) is 13.7. The van der Waals surface area contributed by atoms with Gasteiger partial charge < -0.3 is 10.2 Å². The van der Waals surface area contributed by atoms with Gasteiger partial charge in [0.15, 0.2) is 0 Å². The molecule has 1 unspecified atom stereocenters. The molecule has 19 heavy (non-hydrogen) atoms. The molecule has 1 saturated heterocycles. The van der Waals surface area contributed by atoms with Gasteiger partial charge in [-0.25, -0.2) is 4.98 Å². The summed E-state index contributed by atoms with van der Waals surface area (Å²) in [7, 11) is 0. The van der Waals surface area contributed by atoms with Crippen molar-refractivity contribution in [3.05, 3.63) is 23.9 Å². The molecule has 0 spiro atoms. The molecule has 2 rings (SSSR count). The lowest BCUT2D eigenvalue weighted by atomic mass is 10.1. The summed E-state index contributed by atoms with van der Waals surface area (Å²) < 4.78 is 0. The van der Waals surface area contributed by atoms with Crippen LogP contribution in [0.2, 0.25) is 0 Å². The second-order valence-corrected chi connectivity index (χ2v) is 5.23. The minimum Gasteiger partial charge on any atom is -0.370 e. The van der Waals surface area contributed by atoms with Gasteiger partial charge in [-0.15, -0.1) is 0 Å². The first-order chi connectivity index (χ1) is 9.22. The summed E-state index contributed by atoms with van der Waals surface area (Å²) in [6, 6.07) is 4.04. The summed E-state index contributed by atoms with van der Waals surface area (Å²) in [4.78, 5) is 18.2. The average molecular weight is 261 g/mol. The van der Waals surface area contributed by atoms with Crippen LogP contribution in [0.15, 0.2) is 18.3 Å². The summed E-state index contributed by atoms with van der Waals surface area (Å²) in [5.41, 5.74) is 1.10. The van der Waals surface area contributed by atoms with E-state index < -0.39 is 0 Å². The highest BCUT2D eigenvalue weighted by Gasteiger charge is 2.27. The Balaban J connectivity index is 1.91. The molecule has 1 aromatic heterocycles. The zero-order valence-corrected chi connectivity index (χ0v) is 11.9. The molecular formula is C15H23N3O. The van der Waals surface area contributed by atoms with E-state index >= 15 is 0 Å². The third-order valence-corrected chi connectivity index (χ3v) is 3.63. The van der Waals surface area contributed by atoms with Crippen LogP contribution in [-0.2, 0) is 11.3 Å². The van der Waals surface area contributed by atoms with E-state index in [1.165, 1.54) is 0 Å². The molecule has 1 atom stereocenters. The van der Waals surface area contributed by atoms with Gasteiger partial charge in [-0.05, 0) is 24.0 Å². The molecule has 1 amide bonds. The van der Waals surface area contributed by atoms with Gasteiger partial charge in [0, 0.05) is 32.3 Å². The molecule has 0 aliphatic carbocycles. The van der Waals surface area contributed by atoms with Crippen LogP contribution in [0.1, 0.15) is 38.7 Å². The number of likely N-dealkylation sites (tertiary alicyclic amines) is 1. The molecule has 4 nitrogen and oxygen atoms in total. The molecule has 0 saturated carbocycles. The Morgan fingerprint density at radius 3 is 2.84 bits per heavy atom. The van der Waals surface area contributed by atoms with Gasteiger partial charge in [-0.3, -0.25) is 4.79 Å². The smallest absolute Gasteiger partial charge is 0.223 e. The molecule has 0 bridgehead atoms. The van der Waals surface area contributed by atoms with E-state index in [0.717, 1.165) is 37.3 Å². The van der Waals surface area contributed by atoms with Crippen molar-refractivity contribution in [1.82, 2.24) is 9.88 Å². The number of nitrogens with one attached hydrogen (secondary N) is 1. The van der Waals surface area contributed by atoms with E-state index in [1.54, 1.807) is 0 Å². The van der Waals surface area contributed by atoms with Crippen molar-refractivity contribution >= 4 is 11.7 Å². The van der Waals surface area contributed by atoms with Crippen LogP contribution in [0.25, 0.3) is 0 Å². The maximum Gasteiger partial charge on any atom is 0.223 e. The lowest BCUT2D eigenvalue weighted by molar-refractivity contribution is -0.128. The molecule has 104 valence electrons. The average Bonchev–Trinajstić information content (AvgIpc) is 2.79. The number of pyridine rings is 1. The number of aromatic nitrogens is 1. The van der Waals surface area contributed by atoms with Gasteiger partial charge in [-0.2, -0.15) is 0 Å². The Labute approximate surface area is 115 Å². The summed E-state index contributed by atoms with van der Waals surface area (Å²) >= 11 is 0. The molecular weight excluding hydrogens is 238 g/mol. The van der Waals surface area contributed by atoms with Gasteiger partial charge in [0.2, 0.25) is 5.91 Å². The van der Waals surface area contributed by atoms with Gasteiger partial charge in [0.05, 0.1) is 0 Å². The van der Waals surface area contributed by atoms with Crippen LogP contribution in [0.5, 0.6) is 0 Å². The number of hydrogen-bond acceptors (Lipinski definition) is 3. The van der Waals surface area contributed by atoms with Crippen molar-refractivity contribution in [3.63, 3.8) is 0 Å². The van der Waals surface area contributed by atoms with Crippen LogP contribution < -0.4 is 5.32 Å². The fraction of sp³-hybridized carbons (Fsp3) is 0.600. The molecule has 4 heteroatoms. The SMILES string of the molecule is CCCNc1ccc(CN2CC(CC)CC2=O)cn1. The van der Waals surface area contributed by atoms with E-state index in [0.29, 0.717) is 18.9 Å². The van der Waals surface area contributed by atoms with Crippen molar-refractivity contribution in [1.29, 1.82) is 0 Å². The Hall–Kier alpha value is -1.58. The number of hydrogen-bond donors (Lipinski definition) is 1. The highest BCUT2D eigenvalue weighted by atomic mass is 16.2. The minimum atomic E-state index is 0.278. The first-order valence-corrected chi connectivity index (χ1v) is 7.19. The molecule has 1 aliphatic heterocycles. The summed E-state index contributed by atoms with van der Waals surface area (Å²) in [6.07, 6.45) is 4.75. The Morgan fingerprint density at radius 1 is 1.42 bits per heavy atom. The fourth-order valence-electron chi connectivity index (χ4n) is 2.38. The molecule has 1 N–H and O–H groups in total. The van der Waals surface area contributed by atoms with Crippen LogP contribution in [0.3, 0.4) is 0 Å². The minimum absolute atomic E-state index is 0.278. The molecule has 1 aliphatic rings. The Morgan fingerprint density at radius 2 is 2.26 bits per heavy atom. The maximum absolute atomic E-state index is 11.8. The van der Waals surface area contributed by atoms with E-state index in [4.69, 9.17) is 0 Å². The normalized spacial score (nSPS) is 18.9. The van der Waals surface area contributed by atoms with Crippen LogP contribution in [0.4, 0.5) is 5.82 Å². The molecule has 1 aromatic rings. The van der Waals surface area contributed by atoms with Crippen molar-refractivity contribution in [2.45, 2.75) is 39.7 Å². The third kappa shape index (κ3) is 3.69. The topological polar surface area (TPSA) is 45.2 Å². The van der Waals surface area contributed by atoms with Crippen LogP contribution >= 0.6 is 0 Å². The summed E-state index contributed by atoms with van der Waals surface area (Å²) in [5.74, 6) is 1.72. The van der Waals surface area contributed by atoms with Gasteiger partial charge in [0.25, 0.3) is 0 Å². The number of amides is 1. The second kappa shape index (κ2) is 6.55. The monoisotopic (exact) mass is 261 g/mol. The van der Waals surface area contributed by atoms with Gasteiger partial charge >= 0.3 is 0 Å². The van der Waals surface area contributed by atoms with Crippen LogP contribution in [-0.4, -0.2) is 28.9 Å². The number of carbonyl (C=O) groups is 1. The zero-order valence-electron chi connectivity index (χ0n) is 11.9. The molecule has 0 aromatic carbocycles. The van der Waals surface area contributed by atoms with E-state index in [1.807, 2.05) is 17.2 Å². The highest BCUT2D eigenvalue weighted by Crippen LogP contribution is 2.22. The number of rotatable bonds is 6. The fourth-order valence-corrected chi connectivity index (χ4v) is 2.38. The third-order valence-electron chi connectivity index (χ3n) is 3.63. The Bertz CT molecular complexity index is 416. The van der Waals surface area contributed by atoms with Crippen molar-refractivity contribution in [3.8, 4) is 0 Å². The maximum atomic E-state index is 11.8. The summed E-state index contributed by atoms with van der Waals surface area (Å²) in [5, 5.41) is 3.25. The summed E-state index contributed by atoms with van der Waals surface area (Å²) in [6.45, 7) is 6.80. The van der Waals surface area contributed by atoms with E-state index in [2.05, 4.69) is 30.2 Å². The standard InChI is InChI=1S/C15H23N3O/c1-3-7-16-14-6-5-13(9-17-14)11-18-10-12(4-2)8-15(18)19/h5-6,9,12H,3-4,7-8,10-11H2,1-2H3,(H,16,17). The van der Waals surface area contributed by atoms with Crippen molar-refractivity contribution in [2.24, 2.45) is 5.92 Å². The number of anilines is 1. The highest BCUT2D eigenvalue weighted by molar-refractivity contribution is 5.78. The van der Waals surface area contributed by atoms with Gasteiger partial charge in [0.1, 0.15) is 5.82 Å². The van der Waals surface area contributed by atoms with E-state index in [9.17, 15) is 4.79 Å². The lowest BCUT2D eigenvalue weighted by Gasteiger charge is -2.16. The first kappa shape index (κ1) is 13.8. The quantitative estimate of drug-likeness (QED) is 0.856. The van der Waals surface area contributed by atoms with E-state index in [-0.39, 0.29) is 5.91 Å².